The van der Waals surface area contributed by atoms with Crippen molar-refractivity contribution in [3.63, 3.8) is 0 Å². The Hall–Kier alpha value is -1.10. The van der Waals surface area contributed by atoms with Crippen molar-refractivity contribution >= 4 is 11.8 Å². The van der Waals surface area contributed by atoms with Crippen LogP contribution in [0.2, 0.25) is 0 Å². The smallest absolute Gasteiger partial charge is 0.245 e. The van der Waals surface area contributed by atoms with Crippen LogP contribution in [0.5, 0.6) is 0 Å². The van der Waals surface area contributed by atoms with Crippen molar-refractivity contribution in [1.82, 2.24) is 9.80 Å². The molecule has 2 rings (SSSR count). The van der Waals surface area contributed by atoms with E-state index in [1.54, 1.807) is 0 Å². The van der Waals surface area contributed by atoms with Gasteiger partial charge in [-0.3, -0.25) is 9.59 Å². The summed E-state index contributed by atoms with van der Waals surface area (Å²) in [4.78, 5) is 29.2. The van der Waals surface area contributed by atoms with Crippen molar-refractivity contribution in [2.45, 2.75) is 71.9 Å². The van der Waals surface area contributed by atoms with E-state index in [-0.39, 0.29) is 29.3 Å². The zero-order chi connectivity index (χ0) is 17.2. The SMILES string of the molecule is CC(N)C1CCN(C(=O)C2CCCN2C(=O)CC(C)(C)C)CC1. The number of carbonyl (C=O) groups excluding carboxylic acids is 2. The van der Waals surface area contributed by atoms with Crippen molar-refractivity contribution in [2.24, 2.45) is 17.1 Å². The lowest BCUT2D eigenvalue weighted by Crippen LogP contribution is -2.51. The largest absolute Gasteiger partial charge is 0.341 e. The van der Waals surface area contributed by atoms with Crippen LogP contribution in [0.1, 0.15) is 59.8 Å². The van der Waals surface area contributed by atoms with Gasteiger partial charge in [-0.25, -0.2) is 0 Å². The van der Waals surface area contributed by atoms with Crippen LogP contribution in [-0.2, 0) is 9.59 Å². The fourth-order valence-electron chi connectivity index (χ4n) is 3.73. The predicted octanol–water partition coefficient (Wildman–Crippen LogP) is 2.00. The molecule has 0 spiro atoms. The molecule has 2 atom stereocenters. The summed E-state index contributed by atoms with van der Waals surface area (Å²) in [6.07, 6.45) is 4.20. The summed E-state index contributed by atoms with van der Waals surface area (Å²) in [6.45, 7) is 10.5. The third-order valence-corrected chi connectivity index (χ3v) is 5.13. The van der Waals surface area contributed by atoms with Gasteiger partial charge >= 0.3 is 0 Å². The number of rotatable bonds is 3. The van der Waals surface area contributed by atoms with Crippen LogP contribution >= 0.6 is 0 Å². The van der Waals surface area contributed by atoms with E-state index < -0.39 is 0 Å². The second-order valence-corrected chi connectivity index (χ2v) is 8.50. The summed E-state index contributed by atoms with van der Waals surface area (Å²) in [5.41, 5.74) is 5.94. The van der Waals surface area contributed by atoms with Crippen molar-refractivity contribution in [3.05, 3.63) is 0 Å². The van der Waals surface area contributed by atoms with E-state index in [1.807, 2.05) is 16.7 Å². The molecule has 132 valence electrons. The van der Waals surface area contributed by atoms with Crippen molar-refractivity contribution in [1.29, 1.82) is 0 Å². The molecule has 0 aromatic heterocycles. The molecule has 5 heteroatoms. The van der Waals surface area contributed by atoms with E-state index in [2.05, 4.69) is 20.8 Å². The van der Waals surface area contributed by atoms with Gasteiger partial charge in [0.15, 0.2) is 0 Å². The number of hydrogen-bond acceptors (Lipinski definition) is 3. The molecule has 2 amide bonds. The molecule has 2 saturated heterocycles. The molecule has 0 bridgehead atoms. The quantitative estimate of drug-likeness (QED) is 0.864. The third-order valence-electron chi connectivity index (χ3n) is 5.13. The maximum Gasteiger partial charge on any atom is 0.245 e. The maximum atomic E-state index is 12.9. The number of likely N-dealkylation sites (tertiary alicyclic amines) is 2. The molecule has 0 radical (unpaired) electrons. The molecule has 5 nitrogen and oxygen atoms in total. The standard InChI is InChI=1S/C18H33N3O2/c1-13(19)14-7-10-20(11-8-14)17(23)15-6-5-9-21(15)16(22)12-18(2,3)4/h13-15H,5-12,19H2,1-4H3. The van der Waals surface area contributed by atoms with Crippen LogP contribution in [0.25, 0.3) is 0 Å². The molecular weight excluding hydrogens is 290 g/mol. The van der Waals surface area contributed by atoms with Gasteiger partial charge in [0.1, 0.15) is 6.04 Å². The Morgan fingerprint density at radius 3 is 2.26 bits per heavy atom. The molecule has 2 N–H and O–H groups in total. The Balaban J connectivity index is 1.95. The molecule has 0 saturated carbocycles. The summed E-state index contributed by atoms with van der Waals surface area (Å²) in [6, 6.07) is -0.0414. The van der Waals surface area contributed by atoms with E-state index in [9.17, 15) is 9.59 Å². The third kappa shape index (κ3) is 4.69. The van der Waals surface area contributed by atoms with Gasteiger partial charge in [0.25, 0.3) is 0 Å². The fraction of sp³-hybridized carbons (Fsp3) is 0.889. The first-order valence-corrected chi connectivity index (χ1v) is 9.03. The Bertz CT molecular complexity index is 434. The molecule has 23 heavy (non-hydrogen) atoms. The molecule has 0 aromatic carbocycles. The van der Waals surface area contributed by atoms with Crippen molar-refractivity contribution < 1.29 is 9.59 Å². The van der Waals surface area contributed by atoms with Gasteiger partial charge in [-0.1, -0.05) is 20.8 Å². The van der Waals surface area contributed by atoms with Gasteiger partial charge in [-0.2, -0.15) is 0 Å². The Labute approximate surface area is 140 Å². The number of carbonyl (C=O) groups is 2. The average Bonchev–Trinajstić information content (AvgIpc) is 2.94. The molecule has 2 aliphatic rings. The van der Waals surface area contributed by atoms with Gasteiger partial charge in [0, 0.05) is 32.1 Å². The van der Waals surface area contributed by atoms with Gasteiger partial charge in [-0.15, -0.1) is 0 Å². The highest BCUT2D eigenvalue weighted by molar-refractivity contribution is 5.88. The highest BCUT2D eigenvalue weighted by atomic mass is 16.2. The molecule has 0 aliphatic carbocycles. The average molecular weight is 323 g/mol. The Morgan fingerprint density at radius 2 is 1.74 bits per heavy atom. The Morgan fingerprint density at radius 1 is 1.13 bits per heavy atom. The normalized spacial score (nSPS) is 24.8. The van der Waals surface area contributed by atoms with Gasteiger partial charge in [0.05, 0.1) is 0 Å². The minimum Gasteiger partial charge on any atom is -0.341 e. The number of piperidine rings is 1. The van der Waals surface area contributed by atoms with E-state index in [0.29, 0.717) is 12.3 Å². The number of amides is 2. The van der Waals surface area contributed by atoms with E-state index in [1.165, 1.54) is 0 Å². The van der Waals surface area contributed by atoms with Crippen LogP contribution < -0.4 is 5.73 Å². The second kappa shape index (κ2) is 7.20. The summed E-state index contributed by atoms with van der Waals surface area (Å²) < 4.78 is 0. The Kier molecular flexibility index (Phi) is 5.71. The second-order valence-electron chi connectivity index (χ2n) is 8.50. The zero-order valence-electron chi connectivity index (χ0n) is 15.2. The summed E-state index contributed by atoms with van der Waals surface area (Å²) in [7, 11) is 0. The van der Waals surface area contributed by atoms with Crippen LogP contribution in [-0.4, -0.2) is 53.3 Å². The van der Waals surface area contributed by atoms with E-state index in [4.69, 9.17) is 5.73 Å². The van der Waals surface area contributed by atoms with E-state index in [0.717, 1.165) is 45.3 Å². The lowest BCUT2D eigenvalue weighted by atomic mass is 9.90. The minimum absolute atomic E-state index is 0.0388. The molecule has 2 aliphatic heterocycles. The number of nitrogens with zero attached hydrogens (tertiary/aromatic N) is 2. The van der Waals surface area contributed by atoms with Crippen molar-refractivity contribution in [3.8, 4) is 0 Å². The molecule has 0 aromatic rings. The van der Waals surface area contributed by atoms with E-state index >= 15 is 0 Å². The predicted molar refractivity (Wildman–Crippen MR) is 91.8 cm³/mol. The van der Waals surface area contributed by atoms with Crippen LogP contribution in [0.3, 0.4) is 0 Å². The van der Waals surface area contributed by atoms with Gasteiger partial charge in [0.2, 0.25) is 11.8 Å². The highest BCUT2D eigenvalue weighted by Crippen LogP contribution is 2.27. The van der Waals surface area contributed by atoms with Gasteiger partial charge in [-0.05, 0) is 43.9 Å². The lowest BCUT2D eigenvalue weighted by molar-refractivity contribution is -0.145. The first kappa shape index (κ1) is 18.2. The van der Waals surface area contributed by atoms with Crippen LogP contribution in [0, 0.1) is 11.3 Å². The summed E-state index contributed by atoms with van der Waals surface area (Å²) in [5, 5.41) is 0. The molecule has 2 unspecified atom stereocenters. The van der Waals surface area contributed by atoms with Crippen molar-refractivity contribution in [2.75, 3.05) is 19.6 Å². The highest BCUT2D eigenvalue weighted by Gasteiger charge is 2.38. The molecular formula is C18H33N3O2. The monoisotopic (exact) mass is 323 g/mol. The topological polar surface area (TPSA) is 66.6 Å². The molecule has 2 fully saturated rings. The first-order chi connectivity index (χ1) is 10.7. The summed E-state index contributed by atoms with van der Waals surface area (Å²) >= 11 is 0. The summed E-state index contributed by atoms with van der Waals surface area (Å²) in [5.74, 6) is 0.785. The molecule has 2 heterocycles. The van der Waals surface area contributed by atoms with Crippen LogP contribution in [0.4, 0.5) is 0 Å². The first-order valence-electron chi connectivity index (χ1n) is 9.03. The lowest BCUT2D eigenvalue weighted by Gasteiger charge is -2.37. The van der Waals surface area contributed by atoms with Gasteiger partial charge < -0.3 is 15.5 Å². The fourth-order valence-corrected chi connectivity index (χ4v) is 3.73. The van der Waals surface area contributed by atoms with Crippen LogP contribution in [0.15, 0.2) is 0 Å². The maximum absolute atomic E-state index is 12.9. The zero-order valence-corrected chi connectivity index (χ0v) is 15.2. The number of hydrogen-bond donors (Lipinski definition) is 1. The minimum atomic E-state index is -0.239. The number of nitrogens with two attached hydrogens (primary N) is 1.